The predicted molar refractivity (Wildman–Crippen MR) is 149 cm³/mol. The minimum atomic E-state index is 0.563. The second-order valence-electron chi connectivity index (χ2n) is 9.16. The Morgan fingerprint density at radius 2 is 1.31 bits per heavy atom. The molecule has 5 aromatic carbocycles. The van der Waals surface area contributed by atoms with E-state index in [9.17, 15) is 0 Å². The molecule has 0 N–H and O–H groups in total. The smallest absolute Gasteiger partial charge is 0.307 e. The minimum Gasteiger partial charge on any atom is -0.456 e. The maximum absolute atomic E-state index is 6.45. The lowest BCUT2D eigenvalue weighted by atomic mass is 10.1. The third kappa shape index (κ3) is 2.26. The van der Waals surface area contributed by atoms with Gasteiger partial charge in [0.25, 0.3) is 0 Å². The summed E-state index contributed by atoms with van der Waals surface area (Å²) in [5.41, 5.74) is 5.41. The summed E-state index contributed by atoms with van der Waals surface area (Å²) in [7, 11) is 0. The Hall–Kier alpha value is -4.61. The standard InChI is InChI=1S/C31H16N2O2S/c1-4-10-20-17(7-1)27-21(13-16-26-29(27)19-9-3-6-12-25(19)36-26)33(20)31-32-30-24(35-31)15-14-23-28(30)18-8-2-5-11-22(18)34-23/h1-16H. The molecular formula is C31H16N2O2S. The van der Waals surface area contributed by atoms with Gasteiger partial charge in [-0.3, -0.25) is 4.57 Å². The molecule has 0 saturated carbocycles. The van der Waals surface area contributed by atoms with Crippen LogP contribution in [0.5, 0.6) is 0 Å². The number of para-hydroxylation sites is 2. The molecule has 0 fully saturated rings. The van der Waals surface area contributed by atoms with E-state index in [-0.39, 0.29) is 0 Å². The van der Waals surface area contributed by atoms with Crippen LogP contribution in [0.2, 0.25) is 0 Å². The predicted octanol–water partition coefficient (Wildman–Crippen LogP) is 9.19. The van der Waals surface area contributed by atoms with E-state index in [0.29, 0.717) is 6.01 Å². The van der Waals surface area contributed by atoms with Crippen LogP contribution in [-0.2, 0) is 0 Å². The second kappa shape index (κ2) is 6.53. The monoisotopic (exact) mass is 480 g/mol. The van der Waals surface area contributed by atoms with E-state index >= 15 is 0 Å². The van der Waals surface area contributed by atoms with Gasteiger partial charge in [0.1, 0.15) is 16.7 Å². The number of furan rings is 1. The van der Waals surface area contributed by atoms with Crippen molar-refractivity contribution >= 4 is 86.4 Å². The minimum absolute atomic E-state index is 0.563. The molecule has 0 aliphatic carbocycles. The zero-order valence-electron chi connectivity index (χ0n) is 18.9. The molecule has 4 aromatic heterocycles. The maximum atomic E-state index is 6.45. The molecule has 0 aliphatic heterocycles. The topological polar surface area (TPSA) is 44.1 Å². The van der Waals surface area contributed by atoms with Crippen molar-refractivity contribution in [3.8, 4) is 6.01 Å². The Morgan fingerprint density at radius 1 is 0.528 bits per heavy atom. The summed E-state index contributed by atoms with van der Waals surface area (Å²) >= 11 is 1.84. The van der Waals surface area contributed by atoms with Crippen molar-refractivity contribution in [2.75, 3.05) is 0 Å². The Balaban J connectivity index is 1.45. The zero-order chi connectivity index (χ0) is 23.4. The quantitative estimate of drug-likeness (QED) is 0.235. The Bertz CT molecular complexity index is 2330. The lowest BCUT2D eigenvalue weighted by Gasteiger charge is -2.01. The fourth-order valence-electron chi connectivity index (χ4n) is 5.77. The Kier molecular flexibility index (Phi) is 3.39. The van der Waals surface area contributed by atoms with E-state index in [1.54, 1.807) is 0 Å². The molecule has 168 valence electrons. The number of hydrogen-bond donors (Lipinski definition) is 0. The highest BCUT2D eigenvalue weighted by Gasteiger charge is 2.21. The van der Waals surface area contributed by atoms with Crippen molar-refractivity contribution in [2.45, 2.75) is 0 Å². The van der Waals surface area contributed by atoms with Gasteiger partial charge in [0.15, 0.2) is 5.58 Å². The van der Waals surface area contributed by atoms with Crippen LogP contribution in [0, 0.1) is 0 Å². The summed E-state index contributed by atoms with van der Waals surface area (Å²) in [5.74, 6) is 0. The first-order valence-corrected chi connectivity index (χ1v) is 12.7. The lowest BCUT2D eigenvalue weighted by Crippen LogP contribution is -1.93. The third-order valence-corrected chi connectivity index (χ3v) is 8.39. The van der Waals surface area contributed by atoms with Crippen molar-refractivity contribution in [3.05, 3.63) is 97.1 Å². The van der Waals surface area contributed by atoms with Gasteiger partial charge in [0, 0.05) is 36.3 Å². The number of rotatable bonds is 1. The van der Waals surface area contributed by atoms with Gasteiger partial charge in [0.05, 0.1) is 16.4 Å². The Morgan fingerprint density at radius 3 is 2.25 bits per heavy atom. The van der Waals surface area contributed by atoms with Crippen LogP contribution in [0.3, 0.4) is 0 Å². The molecule has 0 bridgehead atoms. The number of aromatic nitrogens is 2. The molecule has 9 rings (SSSR count). The molecule has 9 aromatic rings. The van der Waals surface area contributed by atoms with Gasteiger partial charge in [-0.25, -0.2) is 0 Å². The summed E-state index contributed by atoms with van der Waals surface area (Å²) in [6.45, 7) is 0. The molecule has 0 radical (unpaired) electrons. The number of oxazole rings is 1. The van der Waals surface area contributed by atoms with Crippen LogP contribution in [0.25, 0.3) is 81.0 Å². The molecule has 0 saturated heterocycles. The average molecular weight is 481 g/mol. The molecule has 4 heterocycles. The number of thiophene rings is 1. The molecule has 0 unspecified atom stereocenters. The summed E-state index contributed by atoms with van der Waals surface area (Å²) < 4.78 is 17.3. The summed E-state index contributed by atoms with van der Waals surface area (Å²) in [6.07, 6.45) is 0. The molecule has 0 spiro atoms. The van der Waals surface area contributed by atoms with Crippen molar-refractivity contribution < 1.29 is 8.83 Å². The molecule has 5 heteroatoms. The molecule has 4 nitrogen and oxygen atoms in total. The van der Waals surface area contributed by atoms with Gasteiger partial charge in [-0.15, -0.1) is 11.3 Å². The van der Waals surface area contributed by atoms with Crippen molar-refractivity contribution in [1.82, 2.24) is 9.55 Å². The molecule has 0 aliphatic rings. The van der Waals surface area contributed by atoms with Gasteiger partial charge in [-0.2, -0.15) is 4.98 Å². The van der Waals surface area contributed by atoms with E-state index < -0.39 is 0 Å². The normalized spacial score (nSPS) is 12.4. The van der Waals surface area contributed by atoms with Crippen molar-refractivity contribution in [3.63, 3.8) is 0 Å². The highest BCUT2D eigenvalue weighted by Crippen LogP contribution is 2.43. The van der Waals surface area contributed by atoms with Crippen LogP contribution in [-0.4, -0.2) is 9.55 Å². The lowest BCUT2D eigenvalue weighted by molar-refractivity contribution is 0.574. The van der Waals surface area contributed by atoms with E-state index in [1.807, 2.05) is 41.7 Å². The van der Waals surface area contributed by atoms with E-state index in [1.165, 1.54) is 30.9 Å². The average Bonchev–Trinajstić information content (AvgIpc) is 3.66. The first-order chi connectivity index (χ1) is 17.8. The molecule has 0 amide bonds. The van der Waals surface area contributed by atoms with Crippen LogP contribution < -0.4 is 0 Å². The van der Waals surface area contributed by atoms with Gasteiger partial charge >= 0.3 is 6.01 Å². The first-order valence-electron chi connectivity index (χ1n) is 11.9. The van der Waals surface area contributed by atoms with E-state index in [4.69, 9.17) is 13.8 Å². The van der Waals surface area contributed by atoms with Gasteiger partial charge in [-0.05, 0) is 42.5 Å². The first kappa shape index (κ1) is 18.7. The number of benzene rings is 5. The summed E-state index contributed by atoms with van der Waals surface area (Å²) in [6, 6.07) is 34.2. The largest absolute Gasteiger partial charge is 0.456 e. The van der Waals surface area contributed by atoms with Crippen LogP contribution >= 0.6 is 11.3 Å². The number of nitrogens with zero attached hydrogens (tertiary/aromatic N) is 2. The van der Waals surface area contributed by atoms with Crippen LogP contribution in [0.4, 0.5) is 0 Å². The fourth-order valence-corrected chi connectivity index (χ4v) is 6.88. The summed E-state index contributed by atoms with van der Waals surface area (Å²) in [5, 5.41) is 7.05. The maximum Gasteiger partial charge on any atom is 0.307 e. The van der Waals surface area contributed by atoms with Crippen molar-refractivity contribution in [1.29, 1.82) is 0 Å². The molecule has 36 heavy (non-hydrogen) atoms. The van der Waals surface area contributed by atoms with Gasteiger partial charge in [-0.1, -0.05) is 54.6 Å². The molecule has 0 atom stereocenters. The fraction of sp³-hybridized carbons (Fsp3) is 0. The van der Waals surface area contributed by atoms with E-state index in [2.05, 4.69) is 71.3 Å². The van der Waals surface area contributed by atoms with Crippen LogP contribution in [0.15, 0.2) is 106 Å². The highest BCUT2D eigenvalue weighted by atomic mass is 32.1. The highest BCUT2D eigenvalue weighted by molar-refractivity contribution is 7.26. The summed E-state index contributed by atoms with van der Waals surface area (Å²) in [4.78, 5) is 5.07. The molecular weight excluding hydrogens is 464 g/mol. The Labute approximate surface area is 207 Å². The second-order valence-corrected chi connectivity index (χ2v) is 10.2. The third-order valence-electron chi connectivity index (χ3n) is 7.26. The SMILES string of the molecule is c1ccc2c(c1)oc1ccc3oc(-n4c5ccccc5c5c6c(ccc54)sc4ccccc46)nc3c12. The number of fused-ring (bicyclic) bond motifs is 12. The van der Waals surface area contributed by atoms with E-state index in [0.717, 1.165) is 44.1 Å². The van der Waals surface area contributed by atoms with Gasteiger partial charge in [0.2, 0.25) is 0 Å². The zero-order valence-corrected chi connectivity index (χ0v) is 19.7. The van der Waals surface area contributed by atoms with Crippen LogP contribution in [0.1, 0.15) is 0 Å². The van der Waals surface area contributed by atoms with Crippen molar-refractivity contribution in [2.24, 2.45) is 0 Å². The van der Waals surface area contributed by atoms with Gasteiger partial charge < -0.3 is 8.83 Å². The number of hydrogen-bond acceptors (Lipinski definition) is 4.